The van der Waals surface area contributed by atoms with Crippen LogP contribution in [0.15, 0.2) is 42.5 Å². The van der Waals surface area contributed by atoms with Crippen LogP contribution >= 0.6 is 23.2 Å². The highest BCUT2D eigenvalue weighted by molar-refractivity contribution is 6.42. The van der Waals surface area contributed by atoms with Crippen molar-refractivity contribution in [2.75, 3.05) is 30.9 Å². The first-order valence-electron chi connectivity index (χ1n) is 10.8. The Morgan fingerprint density at radius 1 is 0.968 bits per heavy atom. The molecular formula is C24H29Cl2N5. The Morgan fingerprint density at radius 3 is 2.48 bits per heavy atom. The predicted molar refractivity (Wildman–Crippen MR) is 131 cm³/mol. The second-order valence-electron chi connectivity index (χ2n) is 8.52. The normalized spacial score (nSPS) is 18.8. The molecule has 1 saturated carbocycles. The lowest BCUT2D eigenvalue weighted by Gasteiger charge is -2.29. The number of hydrogen-bond donors (Lipinski definition) is 2. The molecule has 2 N–H and O–H groups in total. The van der Waals surface area contributed by atoms with Crippen molar-refractivity contribution in [3.63, 3.8) is 0 Å². The van der Waals surface area contributed by atoms with Crippen LogP contribution in [0, 0.1) is 5.92 Å². The van der Waals surface area contributed by atoms with E-state index in [0.29, 0.717) is 22.0 Å². The third-order valence-corrected chi connectivity index (χ3v) is 6.67. The van der Waals surface area contributed by atoms with E-state index in [0.717, 1.165) is 54.2 Å². The molecular weight excluding hydrogens is 429 g/mol. The summed E-state index contributed by atoms with van der Waals surface area (Å²) in [4.78, 5) is 11.6. The SMILES string of the molecule is CN(C)c1nc(N[C@H]2CC[C@@H](CNCc3ccc(Cl)c(Cl)c3)CC2)nc2ccccc12. The third-order valence-electron chi connectivity index (χ3n) is 5.93. The molecule has 1 fully saturated rings. The van der Waals surface area contributed by atoms with E-state index in [-0.39, 0.29) is 0 Å². The highest BCUT2D eigenvalue weighted by atomic mass is 35.5. The molecule has 0 saturated heterocycles. The van der Waals surface area contributed by atoms with E-state index < -0.39 is 0 Å². The summed E-state index contributed by atoms with van der Waals surface area (Å²) >= 11 is 12.1. The van der Waals surface area contributed by atoms with Crippen LogP contribution in [0.25, 0.3) is 10.9 Å². The fourth-order valence-electron chi connectivity index (χ4n) is 4.23. The van der Waals surface area contributed by atoms with Crippen LogP contribution in [0.5, 0.6) is 0 Å². The summed E-state index contributed by atoms with van der Waals surface area (Å²) in [7, 11) is 4.05. The Balaban J connectivity index is 1.29. The standard InChI is InChI=1S/C24H29Cl2N5/c1-31(2)23-19-5-3-4-6-22(19)29-24(30-23)28-18-10-7-16(8-11-18)14-27-15-17-9-12-20(25)21(26)13-17/h3-6,9,12-13,16,18,27H,7-8,10-11,14-15H2,1-2H3,(H,28,29,30)/t16-,18+. The van der Waals surface area contributed by atoms with Gasteiger partial charge < -0.3 is 15.5 Å². The van der Waals surface area contributed by atoms with E-state index >= 15 is 0 Å². The summed E-state index contributed by atoms with van der Waals surface area (Å²) in [5.41, 5.74) is 2.14. The maximum Gasteiger partial charge on any atom is 0.225 e. The van der Waals surface area contributed by atoms with Gasteiger partial charge in [-0.05, 0) is 68.0 Å². The summed E-state index contributed by atoms with van der Waals surface area (Å²) in [5, 5.41) is 9.45. The molecule has 1 aromatic heterocycles. The van der Waals surface area contributed by atoms with Gasteiger partial charge in [0.05, 0.1) is 15.6 Å². The van der Waals surface area contributed by atoms with E-state index in [4.69, 9.17) is 33.2 Å². The maximum absolute atomic E-state index is 6.10. The fourth-order valence-corrected chi connectivity index (χ4v) is 4.55. The van der Waals surface area contributed by atoms with Crippen molar-refractivity contribution in [1.29, 1.82) is 0 Å². The lowest BCUT2D eigenvalue weighted by atomic mass is 9.86. The predicted octanol–water partition coefficient (Wildman–Crippen LogP) is 5.76. The summed E-state index contributed by atoms with van der Waals surface area (Å²) < 4.78 is 0. The summed E-state index contributed by atoms with van der Waals surface area (Å²) in [6, 6.07) is 14.4. The molecule has 4 rings (SSSR count). The molecule has 164 valence electrons. The molecule has 0 radical (unpaired) electrons. The minimum absolute atomic E-state index is 0.419. The third kappa shape index (κ3) is 5.59. The highest BCUT2D eigenvalue weighted by Crippen LogP contribution is 2.28. The van der Waals surface area contributed by atoms with E-state index in [1.54, 1.807) is 0 Å². The van der Waals surface area contributed by atoms with Gasteiger partial charge in [0.15, 0.2) is 0 Å². The van der Waals surface area contributed by atoms with Gasteiger partial charge in [-0.25, -0.2) is 4.98 Å². The van der Waals surface area contributed by atoms with Crippen molar-refractivity contribution in [1.82, 2.24) is 15.3 Å². The van der Waals surface area contributed by atoms with Crippen LogP contribution < -0.4 is 15.5 Å². The lowest BCUT2D eigenvalue weighted by Crippen LogP contribution is -2.31. The van der Waals surface area contributed by atoms with Crippen molar-refractivity contribution < 1.29 is 0 Å². The van der Waals surface area contributed by atoms with Crippen molar-refractivity contribution in [2.45, 2.75) is 38.3 Å². The summed E-state index contributed by atoms with van der Waals surface area (Å²) in [5.74, 6) is 2.37. The van der Waals surface area contributed by atoms with E-state index in [9.17, 15) is 0 Å². The molecule has 7 heteroatoms. The zero-order valence-electron chi connectivity index (χ0n) is 18.0. The minimum atomic E-state index is 0.419. The van der Waals surface area contributed by atoms with Crippen LogP contribution in [0.1, 0.15) is 31.2 Å². The molecule has 0 bridgehead atoms. The van der Waals surface area contributed by atoms with Gasteiger partial charge >= 0.3 is 0 Å². The largest absolute Gasteiger partial charge is 0.362 e. The summed E-state index contributed by atoms with van der Waals surface area (Å²) in [6.45, 7) is 1.83. The minimum Gasteiger partial charge on any atom is -0.362 e. The topological polar surface area (TPSA) is 53.1 Å². The fraction of sp³-hybridized carbons (Fsp3) is 0.417. The number of nitrogens with zero attached hydrogens (tertiary/aromatic N) is 3. The van der Waals surface area contributed by atoms with Gasteiger partial charge in [-0.2, -0.15) is 4.98 Å². The maximum atomic E-state index is 6.10. The van der Waals surface area contributed by atoms with Gasteiger partial charge in [-0.1, -0.05) is 41.4 Å². The molecule has 3 aromatic rings. The van der Waals surface area contributed by atoms with Crippen LogP contribution in [-0.4, -0.2) is 36.6 Å². The number of anilines is 2. The van der Waals surface area contributed by atoms with Gasteiger partial charge in [0.2, 0.25) is 5.95 Å². The van der Waals surface area contributed by atoms with Crippen molar-refractivity contribution in [3.8, 4) is 0 Å². The molecule has 0 aliphatic heterocycles. The van der Waals surface area contributed by atoms with E-state index in [1.165, 1.54) is 12.8 Å². The van der Waals surface area contributed by atoms with Gasteiger partial charge in [-0.15, -0.1) is 0 Å². The molecule has 1 heterocycles. The number of benzene rings is 2. The average molecular weight is 458 g/mol. The lowest BCUT2D eigenvalue weighted by molar-refractivity contribution is 0.324. The first-order chi connectivity index (χ1) is 15.0. The number of aromatic nitrogens is 2. The van der Waals surface area contributed by atoms with Gasteiger partial charge in [0, 0.05) is 32.1 Å². The zero-order valence-corrected chi connectivity index (χ0v) is 19.5. The van der Waals surface area contributed by atoms with Gasteiger partial charge in [0.1, 0.15) is 5.82 Å². The molecule has 0 unspecified atom stereocenters. The first-order valence-corrected chi connectivity index (χ1v) is 11.6. The van der Waals surface area contributed by atoms with Gasteiger partial charge in [-0.3, -0.25) is 0 Å². The Hall–Kier alpha value is -2.08. The Bertz CT molecular complexity index is 1030. The first kappa shape index (κ1) is 22.1. The number of nitrogens with one attached hydrogen (secondary N) is 2. The molecule has 1 aliphatic rings. The average Bonchev–Trinajstić information content (AvgIpc) is 2.77. The molecule has 1 aliphatic carbocycles. The number of hydrogen-bond acceptors (Lipinski definition) is 5. The van der Waals surface area contributed by atoms with Crippen molar-refractivity contribution in [2.24, 2.45) is 5.92 Å². The highest BCUT2D eigenvalue weighted by Gasteiger charge is 2.22. The zero-order chi connectivity index (χ0) is 21.8. The number of rotatable bonds is 7. The number of para-hydroxylation sites is 1. The number of halogens is 2. The molecule has 5 nitrogen and oxygen atoms in total. The number of fused-ring (bicyclic) bond motifs is 1. The Labute approximate surface area is 194 Å². The molecule has 0 amide bonds. The van der Waals surface area contributed by atoms with E-state index in [2.05, 4.69) is 16.7 Å². The molecule has 0 atom stereocenters. The van der Waals surface area contributed by atoms with Crippen LogP contribution in [-0.2, 0) is 6.54 Å². The van der Waals surface area contributed by atoms with Crippen LogP contribution in [0.2, 0.25) is 10.0 Å². The van der Waals surface area contributed by atoms with Crippen LogP contribution in [0.4, 0.5) is 11.8 Å². The van der Waals surface area contributed by atoms with Crippen molar-refractivity contribution >= 4 is 45.9 Å². The van der Waals surface area contributed by atoms with Crippen LogP contribution in [0.3, 0.4) is 0 Å². The Morgan fingerprint density at radius 2 is 1.74 bits per heavy atom. The molecule has 2 aromatic carbocycles. The molecule has 0 spiro atoms. The summed E-state index contributed by atoms with van der Waals surface area (Å²) in [6.07, 6.45) is 4.65. The van der Waals surface area contributed by atoms with Crippen molar-refractivity contribution in [3.05, 3.63) is 58.1 Å². The smallest absolute Gasteiger partial charge is 0.225 e. The monoisotopic (exact) mass is 457 g/mol. The second-order valence-corrected chi connectivity index (χ2v) is 9.34. The molecule has 31 heavy (non-hydrogen) atoms. The Kier molecular flexibility index (Phi) is 7.16. The van der Waals surface area contributed by atoms with E-state index in [1.807, 2.05) is 55.4 Å². The van der Waals surface area contributed by atoms with Gasteiger partial charge in [0.25, 0.3) is 0 Å². The second kappa shape index (κ2) is 10.0. The quantitative estimate of drug-likeness (QED) is 0.471.